The number of Topliss-reactive ketones (excluding diaryl/α,β-unsaturated/α-hetero) is 1. The van der Waals surface area contributed by atoms with Crippen molar-refractivity contribution in [2.45, 2.75) is 38.6 Å². The van der Waals surface area contributed by atoms with E-state index in [-0.39, 0.29) is 30.3 Å². The summed E-state index contributed by atoms with van der Waals surface area (Å²) in [6, 6.07) is 0. The Labute approximate surface area is 130 Å². The molecule has 3 atom stereocenters. The molecule has 1 saturated heterocycles. The highest BCUT2D eigenvalue weighted by Gasteiger charge is 2.43. The molecule has 0 amide bonds. The third-order valence-corrected chi connectivity index (χ3v) is 5.79. The van der Waals surface area contributed by atoms with Gasteiger partial charge in [-0.1, -0.05) is 0 Å². The number of methoxy groups -OCH3 is 1. The molecule has 2 rings (SSSR count). The topological polar surface area (TPSA) is 96.0 Å². The van der Waals surface area contributed by atoms with Crippen LogP contribution < -0.4 is 0 Å². The zero-order valence-electron chi connectivity index (χ0n) is 13.0. The highest BCUT2D eigenvalue weighted by Crippen LogP contribution is 2.32. The van der Waals surface area contributed by atoms with E-state index in [2.05, 4.69) is 4.74 Å². The molecule has 7 nitrogen and oxygen atoms in total. The van der Waals surface area contributed by atoms with Crippen molar-refractivity contribution < 1.29 is 32.2 Å². The molecule has 0 aromatic heterocycles. The number of hydrogen-bond acceptors (Lipinski definition) is 7. The van der Waals surface area contributed by atoms with E-state index in [1.54, 1.807) is 13.8 Å². The molecule has 2 aliphatic rings. The van der Waals surface area contributed by atoms with Crippen LogP contribution in [0.2, 0.25) is 0 Å². The van der Waals surface area contributed by atoms with Crippen molar-refractivity contribution >= 4 is 21.6 Å². The number of hydrogen-bond donors (Lipinski definition) is 0. The maximum Gasteiger partial charge on any atom is 0.309 e. The van der Waals surface area contributed by atoms with Gasteiger partial charge in [-0.25, -0.2) is 8.42 Å². The molecule has 2 fully saturated rings. The van der Waals surface area contributed by atoms with Crippen molar-refractivity contribution in [2.24, 2.45) is 11.8 Å². The zero-order valence-corrected chi connectivity index (χ0v) is 13.9. The first-order chi connectivity index (χ1) is 10.1. The Morgan fingerprint density at radius 1 is 1.36 bits per heavy atom. The Hall–Kier alpha value is -0.990. The van der Waals surface area contributed by atoms with Crippen LogP contribution in [-0.2, 0) is 33.6 Å². The number of carbonyl (C=O) groups is 2. The monoisotopic (exact) mass is 334 g/mol. The Bertz CT molecular complexity index is 552. The second-order valence-electron chi connectivity index (χ2n) is 6.27. The molecule has 22 heavy (non-hydrogen) atoms. The lowest BCUT2D eigenvalue weighted by molar-refractivity contribution is -0.147. The predicted octanol–water partition coefficient (Wildman–Crippen LogP) is 0.321. The standard InChI is InChI=1S/C14H22O7S/c1-14(2)20-6-9(21-14)7-22(17,18)8-11-10(13(16)19-3)4-5-12(11)15/h9-11H,4-8H2,1-3H3. The van der Waals surface area contributed by atoms with Crippen LogP contribution in [0.1, 0.15) is 26.7 Å². The first-order valence-electron chi connectivity index (χ1n) is 7.26. The van der Waals surface area contributed by atoms with Gasteiger partial charge in [-0.3, -0.25) is 9.59 Å². The first-order valence-corrected chi connectivity index (χ1v) is 9.08. The van der Waals surface area contributed by atoms with Crippen molar-refractivity contribution in [3.05, 3.63) is 0 Å². The summed E-state index contributed by atoms with van der Waals surface area (Å²) in [7, 11) is -2.30. The van der Waals surface area contributed by atoms with E-state index in [0.717, 1.165) is 0 Å². The second-order valence-corrected chi connectivity index (χ2v) is 8.42. The summed E-state index contributed by atoms with van der Waals surface area (Å²) in [5.74, 6) is -3.54. The van der Waals surface area contributed by atoms with Crippen LogP contribution in [0, 0.1) is 11.8 Å². The third kappa shape index (κ3) is 4.05. The quantitative estimate of drug-likeness (QED) is 0.668. The van der Waals surface area contributed by atoms with Crippen molar-refractivity contribution in [2.75, 3.05) is 25.2 Å². The summed E-state index contributed by atoms with van der Waals surface area (Å²) < 4.78 is 40.1. The van der Waals surface area contributed by atoms with E-state index in [1.807, 2.05) is 0 Å². The van der Waals surface area contributed by atoms with Crippen LogP contribution in [0.25, 0.3) is 0 Å². The van der Waals surface area contributed by atoms with Crippen molar-refractivity contribution in [3.8, 4) is 0 Å². The molecule has 0 aromatic rings. The maximum absolute atomic E-state index is 12.3. The maximum atomic E-state index is 12.3. The summed E-state index contributed by atoms with van der Waals surface area (Å²) in [5, 5.41) is 0. The summed E-state index contributed by atoms with van der Waals surface area (Å²) in [6.07, 6.45) is 0.0192. The molecule has 1 aliphatic heterocycles. The van der Waals surface area contributed by atoms with E-state index in [1.165, 1.54) is 7.11 Å². The third-order valence-electron chi connectivity index (χ3n) is 4.05. The number of esters is 1. The van der Waals surface area contributed by atoms with Gasteiger partial charge >= 0.3 is 5.97 Å². The van der Waals surface area contributed by atoms with Gasteiger partial charge in [-0.15, -0.1) is 0 Å². The van der Waals surface area contributed by atoms with Crippen LogP contribution in [0.3, 0.4) is 0 Å². The van der Waals surface area contributed by atoms with Gasteiger partial charge in [-0.05, 0) is 20.3 Å². The molecule has 3 unspecified atom stereocenters. The second kappa shape index (κ2) is 6.25. The Morgan fingerprint density at radius 2 is 2.05 bits per heavy atom. The van der Waals surface area contributed by atoms with E-state index in [4.69, 9.17) is 9.47 Å². The fourth-order valence-corrected chi connectivity index (χ4v) is 4.85. The zero-order chi connectivity index (χ0) is 16.5. The molecule has 0 aromatic carbocycles. The molecule has 1 aliphatic carbocycles. The Balaban J connectivity index is 2.01. The average molecular weight is 334 g/mol. The SMILES string of the molecule is COC(=O)C1CCC(=O)C1CS(=O)(=O)CC1COC(C)(C)O1. The predicted molar refractivity (Wildman–Crippen MR) is 76.8 cm³/mol. The normalized spacial score (nSPS) is 31.4. The van der Waals surface area contributed by atoms with E-state index in [0.29, 0.717) is 6.42 Å². The van der Waals surface area contributed by atoms with Crippen LogP contribution in [-0.4, -0.2) is 57.3 Å². The summed E-state index contributed by atoms with van der Waals surface area (Å²) in [5.41, 5.74) is 0. The van der Waals surface area contributed by atoms with Gasteiger partial charge in [0.25, 0.3) is 0 Å². The molecule has 1 saturated carbocycles. The lowest BCUT2D eigenvalue weighted by Crippen LogP contribution is -2.34. The van der Waals surface area contributed by atoms with Crippen LogP contribution in [0.5, 0.6) is 0 Å². The molecule has 8 heteroatoms. The smallest absolute Gasteiger partial charge is 0.309 e. The molecule has 0 radical (unpaired) electrons. The number of ether oxygens (including phenoxy) is 3. The van der Waals surface area contributed by atoms with Crippen molar-refractivity contribution in [3.63, 3.8) is 0 Å². The molecule has 0 N–H and O–H groups in total. The van der Waals surface area contributed by atoms with Crippen LogP contribution in [0.15, 0.2) is 0 Å². The number of carbonyl (C=O) groups excluding carboxylic acids is 2. The molecular weight excluding hydrogens is 312 g/mol. The lowest BCUT2D eigenvalue weighted by atomic mass is 9.98. The largest absolute Gasteiger partial charge is 0.469 e. The molecular formula is C14H22O7S. The van der Waals surface area contributed by atoms with E-state index in [9.17, 15) is 18.0 Å². The van der Waals surface area contributed by atoms with Gasteiger partial charge in [-0.2, -0.15) is 0 Å². The van der Waals surface area contributed by atoms with Crippen LogP contribution >= 0.6 is 0 Å². The molecule has 1 heterocycles. The lowest BCUT2D eigenvalue weighted by Gasteiger charge is -2.19. The molecule has 0 spiro atoms. The highest BCUT2D eigenvalue weighted by molar-refractivity contribution is 7.91. The summed E-state index contributed by atoms with van der Waals surface area (Å²) in [6.45, 7) is 3.63. The number of rotatable bonds is 5. The van der Waals surface area contributed by atoms with Gasteiger partial charge < -0.3 is 14.2 Å². The van der Waals surface area contributed by atoms with Gasteiger partial charge in [0.15, 0.2) is 15.6 Å². The van der Waals surface area contributed by atoms with Crippen molar-refractivity contribution in [1.29, 1.82) is 0 Å². The summed E-state index contributed by atoms with van der Waals surface area (Å²) in [4.78, 5) is 23.6. The first kappa shape index (κ1) is 17.4. The Kier molecular flexibility index (Phi) is 4.93. The van der Waals surface area contributed by atoms with Crippen LogP contribution in [0.4, 0.5) is 0 Å². The fraction of sp³-hybridized carbons (Fsp3) is 0.857. The van der Waals surface area contributed by atoms with Gasteiger partial charge in [0, 0.05) is 12.3 Å². The molecule has 126 valence electrons. The number of ketones is 1. The van der Waals surface area contributed by atoms with Gasteiger partial charge in [0.2, 0.25) is 0 Å². The van der Waals surface area contributed by atoms with Gasteiger partial charge in [0.1, 0.15) is 5.78 Å². The molecule has 0 bridgehead atoms. The minimum Gasteiger partial charge on any atom is -0.469 e. The highest BCUT2D eigenvalue weighted by atomic mass is 32.2. The minimum absolute atomic E-state index is 0.192. The van der Waals surface area contributed by atoms with E-state index >= 15 is 0 Å². The number of sulfone groups is 1. The average Bonchev–Trinajstić information content (AvgIpc) is 2.91. The fourth-order valence-electron chi connectivity index (χ4n) is 3.02. The Morgan fingerprint density at radius 3 is 2.59 bits per heavy atom. The summed E-state index contributed by atoms with van der Waals surface area (Å²) >= 11 is 0. The van der Waals surface area contributed by atoms with Crippen molar-refractivity contribution in [1.82, 2.24) is 0 Å². The minimum atomic E-state index is -3.54. The van der Waals surface area contributed by atoms with Gasteiger partial charge in [0.05, 0.1) is 37.2 Å². The van der Waals surface area contributed by atoms with E-state index < -0.39 is 39.5 Å².